The molecule has 1 aromatic heterocycles. The maximum Gasteiger partial charge on any atom is 0.323 e. The predicted molar refractivity (Wildman–Crippen MR) is 95.0 cm³/mol. The topological polar surface area (TPSA) is 57.2 Å². The molecule has 0 aliphatic carbocycles. The molecule has 126 valence electrons. The number of unbranched alkanes of at least 4 members (excludes halogenated alkanes) is 1. The highest BCUT2D eigenvalue weighted by atomic mass is 35.5. The van der Waals surface area contributed by atoms with Gasteiger partial charge >= 0.3 is 5.97 Å². The smallest absolute Gasteiger partial charge is 0.323 e. The summed E-state index contributed by atoms with van der Waals surface area (Å²) in [7, 11) is 1.36. The largest absolute Gasteiger partial charge is 0.468 e. The molecule has 5 heteroatoms. The molecule has 1 heterocycles. The molecular formula is C18H25ClN2O2. The number of halogens is 1. The number of fused-ring (bicyclic) bond motifs is 1. The van der Waals surface area contributed by atoms with Gasteiger partial charge in [-0.15, -0.1) is 0 Å². The van der Waals surface area contributed by atoms with Gasteiger partial charge in [-0.25, -0.2) is 0 Å². The Morgan fingerprint density at radius 1 is 1.43 bits per heavy atom. The lowest BCUT2D eigenvalue weighted by atomic mass is 9.91. The van der Waals surface area contributed by atoms with E-state index < -0.39 is 12.0 Å². The molecule has 23 heavy (non-hydrogen) atoms. The number of rotatable bonds is 6. The minimum atomic E-state index is -0.692. The third-order valence-corrected chi connectivity index (χ3v) is 4.77. The molecule has 0 saturated carbocycles. The highest BCUT2D eigenvalue weighted by molar-refractivity contribution is 6.31. The van der Waals surface area contributed by atoms with Gasteiger partial charge in [0.15, 0.2) is 0 Å². The number of carbonyl (C=O) groups excluding carboxylic acids is 1. The van der Waals surface area contributed by atoms with Crippen LogP contribution in [0.15, 0.2) is 18.2 Å². The maximum atomic E-state index is 11.8. The fraction of sp³-hybridized carbons (Fsp3) is 0.500. The van der Waals surface area contributed by atoms with Gasteiger partial charge in [0.05, 0.1) is 7.11 Å². The highest BCUT2D eigenvalue weighted by Gasteiger charge is 2.28. The molecule has 2 aromatic rings. The second-order valence-electron chi connectivity index (χ2n) is 6.00. The number of carbonyl (C=O) groups is 1. The first-order valence-electron chi connectivity index (χ1n) is 8.04. The molecule has 0 fully saturated rings. The van der Waals surface area contributed by atoms with E-state index in [9.17, 15) is 4.79 Å². The Morgan fingerprint density at radius 3 is 2.74 bits per heavy atom. The standard InChI is InChI=1S/C18H25ClN2O2/c1-5-6-9-21-12(3)16(11(2)17(20)18(22)23-4)14-10-13(19)7-8-15(14)21/h7-8,10-11,17H,5-6,9,20H2,1-4H3/t11-,17-/m1/s1. The number of benzene rings is 1. The summed E-state index contributed by atoms with van der Waals surface area (Å²) in [6, 6.07) is 5.21. The summed E-state index contributed by atoms with van der Waals surface area (Å²) in [5.74, 6) is -0.542. The van der Waals surface area contributed by atoms with Gasteiger partial charge < -0.3 is 15.0 Å². The first-order valence-corrected chi connectivity index (χ1v) is 8.41. The van der Waals surface area contributed by atoms with Crippen LogP contribution >= 0.6 is 11.6 Å². The van der Waals surface area contributed by atoms with Gasteiger partial charge in [-0.05, 0) is 37.1 Å². The monoisotopic (exact) mass is 336 g/mol. The van der Waals surface area contributed by atoms with Gasteiger partial charge in [-0.1, -0.05) is 31.9 Å². The first-order chi connectivity index (χ1) is 10.9. The van der Waals surface area contributed by atoms with Crippen LogP contribution in [0.25, 0.3) is 10.9 Å². The Balaban J connectivity index is 2.59. The van der Waals surface area contributed by atoms with Crippen LogP contribution in [0.1, 0.15) is 43.9 Å². The van der Waals surface area contributed by atoms with Crippen LogP contribution in [0.4, 0.5) is 0 Å². The first kappa shape index (κ1) is 17.8. The minimum Gasteiger partial charge on any atom is -0.468 e. The van der Waals surface area contributed by atoms with Crippen LogP contribution in [0.3, 0.4) is 0 Å². The molecule has 2 N–H and O–H groups in total. The second kappa shape index (κ2) is 7.37. The second-order valence-corrected chi connectivity index (χ2v) is 6.44. The average molecular weight is 337 g/mol. The van der Waals surface area contributed by atoms with Crippen molar-refractivity contribution in [1.82, 2.24) is 4.57 Å². The molecule has 4 nitrogen and oxygen atoms in total. The summed E-state index contributed by atoms with van der Waals surface area (Å²) in [4.78, 5) is 11.8. The van der Waals surface area contributed by atoms with Crippen LogP contribution in [0.2, 0.25) is 5.02 Å². The van der Waals surface area contributed by atoms with E-state index in [-0.39, 0.29) is 5.92 Å². The predicted octanol–water partition coefficient (Wildman–Crippen LogP) is 4.01. The van der Waals surface area contributed by atoms with Crippen molar-refractivity contribution in [2.45, 2.75) is 52.1 Å². The van der Waals surface area contributed by atoms with E-state index in [0.29, 0.717) is 5.02 Å². The summed E-state index contributed by atoms with van der Waals surface area (Å²) in [5, 5.41) is 1.75. The van der Waals surface area contributed by atoms with Crippen molar-refractivity contribution in [3.8, 4) is 0 Å². The van der Waals surface area contributed by atoms with Gasteiger partial charge in [0.1, 0.15) is 6.04 Å². The van der Waals surface area contributed by atoms with Gasteiger partial charge in [0, 0.05) is 34.1 Å². The third-order valence-electron chi connectivity index (χ3n) is 4.54. The molecule has 2 atom stereocenters. The molecule has 0 aliphatic rings. The number of hydrogen-bond acceptors (Lipinski definition) is 3. The van der Waals surface area contributed by atoms with E-state index >= 15 is 0 Å². The summed E-state index contributed by atoms with van der Waals surface area (Å²) in [5.41, 5.74) is 9.45. The van der Waals surface area contributed by atoms with Gasteiger partial charge in [-0.3, -0.25) is 4.79 Å². The Kier molecular flexibility index (Phi) is 5.71. The quantitative estimate of drug-likeness (QED) is 0.811. The third kappa shape index (κ3) is 3.38. The van der Waals surface area contributed by atoms with Crippen LogP contribution < -0.4 is 5.73 Å². The molecule has 0 saturated heterocycles. The molecule has 1 aromatic carbocycles. The summed E-state index contributed by atoms with van der Waals surface area (Å²) in [6.07, 6.45) is 2.23. The van der Waals surface area contributed by atoms with Crippen LogP contribution in [0, 0.1) is 6.92 Å². The van der Waals surface area contributed by atoms with E-state index in [1.807, 2.05) is 25.1 Å². The van der Waals surface area contributed by atoms with E-state index in [0.717, 1.165) is 41.5 Å². The Bertz CT molecular complexity index is 709. The molecule has 0 bridgehead atoms. The lowest BCUT2D eigenvalue weighted by Gasteiger charge is -2.19. The molecule has 2 rings (SSSR count). The molecule has 0 unspecified atom stereocenters. The molecule has 0 spiro atoms. The lowest BCUT2D eigenvalue weighted by molar-refractivity contribution is -0.142. The number of nitrogens with zero attached hydrogens (tertiary/aromatic N) is 1. The van der Waals surface area contributed by atoms with E-state index in [2.05, 4.69) is 18.4 Å². The number of nitrogens with two attached hydrogens (primary N) is 1. The Morgan fingerprint density at radius 2 is 2.13 bits per heavy atom. The van der Waals surface area contributed by atoms with Crippen molar-refractivity contribution in [1.29, 1.82) is 0 Å². The summed E-state index contributed by atoms with van der Waals surface area (Å²) < 4.78 is 7.10. The van der Waals surface area contributed by atoms with Crippen LogP contribution in [0.5, 0.6) is 0 Å². The van der Waals surface area contributed by atoms with Crippen molar-refractivity contribution >= 4 is 28.5 Å². The highest BCUT2D eigenvalue weighted by Crippen LogP contribution is 2.35. The zero-order chi connectivity index (χ0) is 17.1. The number of hydrogen-bond donors (Lipinski definition) is 1. The summed E-state index contributed by atoms with van der Waals surface area (Å²) >= 11 is 6.20. The Labute approximate surface area is 142 Å². The van der Waals surface area contributed by atoms with Crippen LogP contribution in [-0.2, 0) is 16.1 Å². The molecule has 0 aliphatic heterocycles. The zero-order valence-corrected chi connectivity index (χ0v) is 15.0. The van der Waals surface area contributed by atoms with E-state index in [4.69, 9.17) is 22.1 Å². The number of ether oxygens (including phenoxy) is 1. The minimum absolute atomic E-state index is 0.147. The van der Waals surface area contributed by atoms with Crippen molar-refractivity contribution in [3.05, 3.63) is 34.5 Å². The summed E-state index contributed by atoms with van der Waals surface area (Å²) in [6.45, 7) is 7.17. The van der Waals surface area contributed by atoms with Gasteiger partial charge in [0.2, 0.25) is 0 Å². The van der Waals surface area contributed by atoms with Crippen molar-refractivity contribution in [2.75, 3.05) is 7.11 Å². The zero-order valence-electron chi connectivity index (χ0n) is 14.2. The van der Waals surface area contributed by atoms with E-state index in [1.54, 1.807) is 0 Å². The van der Waals surface area contributed by atoms with E-state index in [1.165, 1.54) is 7.11 Å². The van der Waals surface area contributed by atoms with Crippen molar-refractivity contribution < 1.29 is 9.53 Å². The SMILES string of the molecule is CCCCn1c(C)c([C@@H](C)[C@@H](N)C(=O)OC)c2cc(Cl)ccc21. The molecular weight excluding hydrogens is 312 g/mol. The maximum absolute atomic E-state index is 11.8. The fourth-order valence-electron chi connectivity index (χ4n) is 3.18. The van der Waals surface area contributed by atoms with Gasteiger partial charge in [-0.2, -0.15) is 0 Å². The molecule has 0 radical (unpaired) electrons. The lowest BCUT2D eigenvalue weighted by Crippen LogP contribution is -2.36. The van der Waals surface area contributed by atoms with Crippen LogP contribution in [-0.4, -0.2) is 23.7 Å². The number of methoxy groups -OCH3 is 1. The Hall–Kier alpha value is -1.52. The number of aryl methyl sites for hydroxylation is 1. The van der Waals surface area contributed by atoms with Gasteiger partial charge in [0.25, 0.3) is 0 Å². The average Bonchev–Trinajstić information content (AvgIpc) is 2.81. The number of aromatic nitrogens is 1. The number of esters is 1. The van der Waals surface area contributed by atoms with Crippen molar-refractivity contribution in [2.24, 2.45) is 5.73 Å². The van der Waals surface area contributed by atoms with Crippen molar-refractivity contribution in [3.63, 3.8) is 0 Å². The normalized spacial score (nSPS) is 14.0. The molecule has 0 amide bonds. The fourth-order valence-corrected chi connectivity index (χ4v) is 3.35.